The molecule has 0 aliphatic rings. The minimum absolute atomic E-state index is 0.0646. The van der Waals surface area contributed by atoms with E-state index in [4.69, 9.17) is 0 Å². The van der Waals surface area contributed by atoms with Gasteiger partial charge >= 0.3 is 0 Å². The molecule has 29 heavy (non-hydrogen) atoms. The van der Waals surface area contributed by atoms with Gasteiger partial charge in [0.2, 0.25) is 0 Å². The SMILES string of the molecule is Cc1c(C(=O)NCc2nc3ccccc3n2C)nnn1-c1cccc([N+](=O)[O-])c1. The second kappa shape index (κ2) is 7.15. The van der Waals surface area contributed by atoms with Gasteiger partial charge in [0.1, 0.15) is 5.82 Å². The molecule has 10 nitrogen and oxygen atoms in total. The topological polar surface area (TPSA) is 121 Å². The summed E-state index contributed by atoms with van der Waals surface area (Å²) in [5.74, 6) is 0.314. The molecule has 1 amide bonds. The van der Waals surface area contributed by atoms with E-state index in [0.717, 1.165) is 11.0 Å². The minimum Gasteiger partial charge on any atom is -0.343 e. The number of non-ortho nitro benzene ring substituents is 1. The molecular formula is C19H17N7O3. The summed E-state index contributed by atoms with van der Waals surface area (Å²) >= 11 is 0. The van der Waals surface area contributed by atoms with Gasteiger partial charge in [-0.05, 0) is 25.1 Å². The van der Waals surface area contributed by atoms with Gasteiger partial charge in [0.25, 0.3) is 11.6 Å². The molecule has 2 aromatic heterocycles. The second-order valence-corrected chi connectivity index (χ2v) is 6.47. The van der Waals surface area contributed by atoms with Crippen molar-refractivity contribution in [2.24, 2.45) is 7.05 Å². The molecule has 0 bridgehead atoms. The molecule has 0 radical (unpaired) electrons. The van der Waals surface area contributed by atoms with Crippen LogP contribution in [-0.4, -0.2) is 35.4 Å². The van der Waals surface area contributed by atoms with Crippen LogP contribution in [-0.2, 0) is 13.6 Å². The minimum atomic E-state index is -0.486. The number of imidazole rings is 1. The predicted molar refractivity (Wildman–Crippen MR) is 105 cm³/mol. The molecule has 0 saturated carbocycles. The van der Waals surface area contributed by atoms with Crippen molar-refractivity contribution in [3.8, 4) is 5.69 Å². The Morgan fingerprint density at radius 2 is 2.00 bits per heavy atom. The molecule has 0 saturated heterocycles. The van der Waals surface area contributed by atoms with Gasteiger partial charge in [-0.1, -0.05) is 23.4 Å². The zero-order valence-corrected chi connectivity index (χ0v) is 15.7. The molecule has 0 spiro atoms. The monoisotopic (exact) mass is 391 g/mol. The first kappa shape index (κ1) is 18.3. The first-order valence-electron chi connectivity index (χ1n) is 8.81. The lowest BCUT2D eigenvalue weighted by Gasteiger charge is -2.05. The van der Waals surface area contributed by atoms with Gasteiger partial charge in [-0.25, -0.2) is 9.67 Å². The summed E-state index contributed by atoms with van der Waals surface area (Å²) < 4.78 is 3.32. The molecule has 0 atom stereocenters. The Balaban J connectivity index is 1.54. The third-order valence-corrected chi connectivity index (χ3v) is 4.68. The normalized spacial score (nSPS) is 11.0. The number of carbonyl (C=O) groups is 1. The van der Waals surface area contributed by atoms with Crippen LogP contribution in [0.2, 0.25) is 0 Å². The highest BCUT2D eigenvalue weighted by molar-refractivity contribution is 5.93. The smallest absolute Gasteiger partial charge is 0.274 e. The average molecular weight is 391 g/mol. The van der Waals surface area contributed by atoms with E-state index in [0.29, 0.717) is 17.2 Å². The quantitative estimate of drug-likeness (QED) is 0.412. The standard InChI is InChI=1S/C19H17N7O3/c1-12-18(22-23-25(12)13-6-5-7-14(10-13)26(28)29)19(27)20-11-17-21-15-8-3-4-9-16(15)24(17)2/h3-10H,11H2,1-2H3,(H,20,27). The third-order valence-electron chi connectivity index (χ3n) is 4.68. The van der Waals surface area contributed by atoms with Crippen LogP contribution in [0.3, 0.4) is 0 Å². The number of carbonyl (C=O) groups excluding carboxylic acids is 1. The summed E-state index contributed by atoms with van der Waals surface area (Å²) in [6.45, 7) is 1.91. The zero-order chi connectivity index (χ0) is 20.5. The Kier molecular flexibility index (Phi) is 4.51. The van der Waals surface area contributed by atoms with E-state index < -0.39 is 10.8 Å². The highest BCUT2D eigenvalue weighted by Crippen LogP contribution is 2.18. The maximum absolute atomic E-state index is 12.6. The van der Waals surface area contributed by atoms with Crippen molar-refractivity contribution < 1.29 is 9.72 Å². The molecule has 2 heterocycles. The lowest BCUT2D eigenvalue weighted by Crippen LogP contribution is -2.25. The van der Waals surface area contributed by atoms with Crippen molar-refractivity contribution >= 4 is 22.6 Å². The van der Waals surface area contributed by atoms with Crippen molar-refractivity contribution in [2.45, 2.75) is 13.5 Å². The number of nitrogens with one attached hydrogen (secondary N) is 1. The van der Waals surface area contributed by atoms with Crippen LogP contribution in [0.15, 0.2) is 48.5 Å². The Morgan fingerprint density at radius 1 is 1.21 bits per heavy atom. The van der Waals surface area contributed by atoms with E-state index in [1.807, 2.05) is 35.9 Å². The van der Waals surface area contributed by atoms with Crippen LogP contribution in [0, 0.1) is 17.0 Å². The lowest BCUT2D eigenvalue weighted by atomic mass is 10.2. The summed E-state index contributed by atoms with van der Waals surface area (Å²) in [5, 5.41) is 21.7. The summed E-state index contributed by atoms with van der Waals surface area (Å²) in [7, 11) is 1.89. The molecule has 0 fully saturated rings. The number of para-hydroxylation sites is 2. The Labute approximate surface area is 164 Å². The van der Waals surface area contributed by atoms with E-state index in [9.17, 15) is 14.9 Å². The number of aryl methyl sites for hydroxylation is 1. The van der Waals surface area contributed by atoms with E-state index in [2.05, 4.69) is 20.6 Å². The van der Waals surface area contributed by atoms with E-state index in [-0.39, 0.29) is 17.9 Å². The fourth-order valence-corrected chi connectivity index (χ4v) is 3.12. The van der Waals surface area contributed by atoms with Crippen LogP contribution in [0.4, 0.5) is 5.69 Å². The Hall–Kier alpha value is -4.08. The van der Waals surface area contributed by atoms with Crippen LogP contribution >= 0.6 is 0 Å². The second-order valence-electron chi connectivity index (χ2n) is 6.47. The van der Waals surface area contributed by atoms with Crippen molar-refractivity contribution in [2.75, 3.05) is 0 Å². The molecule has 0 aliphatic heterocycles. The van der Waals surface area contributed by atoms with Crippen LogP contribution in [0.1, 0.15) is 22.0 Å². The maximum atomic E-state index is 12.6. The number of benzene rings is 2. The van der Waals surface area contributed by atoms with Crippen LogP contribution < -0.4 is 5.32 Å². The number of amides is 1. The van der Waals surface area contributed by atoms with Crippen LogP contribution in [0.25, 0.3) is 16.7 Å². The summed E-state index contributed by atoms with van der Waals surface area (Å²) in [6.07, 6.45) is 0. The molecule has 4 rings (SSSR count). The van der Waals surface area contributed by atoms with Crippen LogP contribution in [0.5, 0.6) is 0 Å². The summed E-state index contributed by atoms with van der Waals surface area (Å²) in [4.78, 5) is 27.6. The van der Waals surface area contributed by atoms with E-state index in [1.165, 1.54) is 16.8 Å². The summed E-state index contributed by atoms with van der Waals surface area (Å²) in [5.41, 5.74) is 2.85. The number of nitro benzene ring substituents is 1. The van der Waals surface area contributed by atoms with Gasteiger partial charge in [-0.2, -0.15) is 0 Å². The molecule has 146 valence electrons. The molecule has 4 aromatic rings. The fraction of sp³-hybridized carbons (Fsp3) is 0.158. The van der Waals surface area contributed by atoms with Gasteiger partial charge in [-0.15, -0.1) is 5.10 Å². The summed E-state index contributed by atoms with van der Waals surface area (Å²) in [6, 6.07) is 13.7. The highest BCUT2D eigenvalue weighted by atomic mass is 16.6. The molecule has 0 aliphatic carbocycles. The van der Waals surface area contributed by atoms with Gasteiger partial charge in [-0.3, -0.25) is 14.9 Å². The predicted octanol–water partition coefficient (Wildman–Crippen LogP) is 2.30. The van der Waals surface area contributed by atoms with Crippen molar-refractivity contribution in [1.82, 2.24) is 29.9 Å². The molecule has 10 heteroatoms. The highest BCUT2D eigenvalue weighted by Gasteiger charge is 2.19. The average Bonchev–Trinajstić information content (AvgIpc) is 3.26. The number of rotatable bonds is 5. The van der Waals surface area contributed by atoms with Gasteiger partial charge in [0, 0.05) is 19.2 Å². The van der Waals surface area contributed by atoms with Crippen molar-refractivity contribution in [1.29, 1.82) is 0 Å². The fourth-order valence-electron chi connectivity index (χ4n) is 3.12. The third kappa shape index (κ3) is 3.31. The number of hydrogen-bond acceptors (Lipinski definition) is 6. The molecule has 1 N–H and O–H groups in total. The van der Waals surface area contributed by atoms with Gasteiger partial charge in [0.15, 0.2) is 5.69 Å². The van der Waals surface area contributed by atoms with Gasteiger partial charge in [0.05, 0.1) is 33.9 Å². The molecule has 2 aromatic carbocycles. The Morgan fingerprint density at radius 3 is 2.76 bits per heavy atom. The largest absolute Gasteiger partial charge is 0.343 e. The van der Waals surface area contributed by atoms with Gasteiger partial charge < -0.3 is 9.88 Å². The number of hydrogen-bond donors (Lipinski definition) is 1. The number of nitro groups is 1. The number of nitrogens with zero attached hydrogens (tertiary/aromatic N) is 6. The number of fused-ring (bicyclic) bond motifs is 1. The maximum Gasteiger partial charge on any atom is 0.274 e. The Bertz CT molecular complexity index is 1240. The molecule has 0 unspecified atom stereocenters. The van der Waals surface area contributed by atoms with Crippen molar-refractivity contribution in [3.63, 3.8) is 0 Å². The van der Waals surface area contributed by atoms with Crippen molar-refractivity contribution in [3.05, 3.63) is 75.9 Å². The number of aromatic nitrogens is 5. The van der Waals surface area contributed by atoms with E-state index >= 15 is 0 Å². The molecular weight excluding hydrogens is 374 g/mol. The zero-order valence-electron chi connectivity index (χ0n) is 15.7. The van der Waals surface area contributed by atoms with E-state index in [1.54, 1.807) is 19.1 Å². The first-order valence-corrected chi connectivity index (χ1v) is 8.81. The lowest BCUT2D eigenvalue weighted by molar-refractivity contribution is -0.384. The first-order chi connectivity index (χ1) is 14.0.